The van der Waals surface area contributed by atoms with Crippen LogP contribution in [0, 0.1) is 5.92 Å². The Morgan fingerprint density at radius 3 is 2.76 bits per heavy atom. The Morgan fingerprint density at radius 2 is 2.06 bits per heavy atom. The molecule has 0 bridgehead atoms. The Balaban J connectivity index is 1.58. The Morgan fingerprint density at radius 1 is 1.30 bits per heavy atom. The number of amidine groups is 1. The lowest BCUT2D eigenvalue weighted by atomic mass is 9.99. The van der Waals surface area contributed by atoms with E-state index in [0.29, 0.717) is 28.4 Å². The van der Waals surface area contributed by atoms with Gasteiger partial charge >= 0.3 is 0 Å². The summed E-state index contributed by atoms with van der Waals surface area (Å²) in [5.74, 6) is -0.980. The third-order valence-corrected chi connectivity index (χ3v) is 7.52. The fourth-order valence-corrected chi connectivity index (χ4v) is 5.33. The van der Waals surface area contributed by atoms with Crippen LogP contribution in [0.3, 0.4) is 0 Å². The molecular formula is C21H22N6O4S2. The predicted molar refractivity (Wildman–Crippen MR) is 126 cm³/mol. The topological polar surface area (TPSA) is 159 Å². The first-order valence-electron chi connectivity index (χ1n) is 10.1. The van der Waals surface area contributed by atoms with Gasteiger partial charge in [-0.3, -0.25) is 19.3 Å². The van der Waals surface area contributed by atoms with Crippen LogP contribution in [0.15, 0.2) is 51.8 Å². The molecule has 4 rings (SSSR count). The fraction of sp³-hybridized carbons (Fsp3) is 0.238. The minimum atomic E-state index is -3.71. The number of primary amides is 1. The van der Waals surface area contributed by atoms with E-state index in [9.17, 15) is 18.0 Å². The quantitative estimate of drug-likeness (QED) is 0.403. The van der Waals surface area contributed by atoms with Crippen LogP contribution in [0.1, 0.15) is 36.3 Å². The summed E-state index contributed by atoms with van der Waals surface area (Å²) in [4.78, 5) is 36.2. The maximum absolute atomic E-state index is 13.1. The molecule has 0 saturated heterocycles. The molecule has 172 valence electrons. The molecule has 0 unspecified atom stereocenters. The second-order valence-corrected chi connectivity index (χ2v) is 10.1. The molecule has 3 heterocycles. The standard InChI is InChI=1S/C21H22N6O4S2/c1-3-11(2)17(25-19-13-6-4-5-7-16(13)33(30,31)27-19)20(29)26-21-24-15(10-32-21)12-8-14(18(22)28)23-9-12/h4-11,17,23H,3H2,1-2H3,(H2,22,28)(H,25,27)(H,24,26,29)/t11-,17-/m0/s1. The van der Waals surface area contributed by atoms with Crippen molar-refractivity contribution in [3.8, 4) is 11.3 Å². The number of thiazole rings is 1. The first-order valence-corrected chi connectivity index (χ1v) is 12.5. The Bertz CT molecular complexity index is 1360. The minimum Gasteiger partial charge on any atom is -0.364 e. The number of hydrogen-bond acceptors (Lipinski definition) is 7. The molecule has 2 atom stereocenters. The first-order chi connectivity index (χ1) is 15.7. The predicted octanol–water partition coefficient (Wildman–Crippen LogP) is 2.33. The molecule has 10 nitrogen and oxygen atoms in total. The van der Waals surface area contributed by atoms with E-state index in [1.165, 1.54) is 17.4 Å². The number of rotatable bonds is 7. The zero-order valence-corrected chi connectivity index (χ0v) is 19.5. The lowest BCUT2D eigenvalue weighted by molar-refractivity contribution is -0.118. The summed E-state index contributed by atoms with van der Waals surface area (Å²) < 4.78 is 27.2. The highest BCUT2D eigenvalue weighted by atomic mass is 32.2. The molecule has 0 spiro atoms. The first kappa shape index (κ1) is 22.7. The van der Waals surface area contributed by atoms with Crippen molar-refractivity contribution in [3.05, 3.63) is 53.2 Å². The number of carbonyl (C=O) groups is 2. The molecule has 5 N–H and O–H groups in total. The largest absolute Gasteiger partial charge is 0.364 e. The van der Waals surface area contributed by atoms with E-state index in [4.69, 9.17) is 5.73 Å². The molecule has 1 aliphatic rings. The molecule has 0 aliphatic carbocycles. The van der Waals surface area contributed by atoms with E-state index >= 15 is 0 Å². The van der Waals surface area contributed by atoms with Crippen LogP contribution >= 0.6 is 11.3 Å². The lowest BCUT2D eigenvalue weighted by Gasteiger charge is -2.18. The number of aliphatic imine (C=N–C) groups is 1. The summed E-state index contributed by atoms with van der Waals surface area (Å²) in [7, 11) is -3.71. The third-order valence-electron chi connectivity index (χ3n) is 5.36. The van der Waals surface area contributed by atoms with Crippen LogP contribution in [0.4, 0.5) is 5.13 Å². The Hall–Kier alpha value is -3.51. The van der Waals surface area contributed by atoms with Crippen molar-refractivity contribution in [2.24, 2.45) is 16.6 Å². The molecule has 12 heteroatoms. The van der Waals surface area contributed by atoms with Crippen molar-refractivity contribution in [1.29, 1.82) is 0 Å². The summed E-state index contributed by atoms with van der Waals surface area (Å²) in [6, 6.07) is 7.26. The number of benzene rings is 1. The molecule has 2 amide bonds. The molecule has 0 fully saturated rings. The van der Waals surface area contributed by atoms with E-state index in [1.807, 2.05) is 13.8 Å². The number of nitrogens with two attached hydrogens (primary N) is 1. The van der Waals surface area contributed by atoms with Crippen LogP contribution < -0.4 is 15.8 Å². The number of sulfonamides is 1. The van der Waals surface area contributed by atoms with E-state index in [0.717, 1.165) is 0 Å². The van der Waals surface area contributed by atoms with E-state index in [-0.39, 0.29) is 22.3 Å². The van der Waals surface area contributed by atoms with Gasteiger partial charge in [0.1, 0.15) is 17.6 Å². The summed E-state index contributed by atoms with van der Waals surface area (Å²) in [5.41, 5.74) is 7.20. The van der Waals surface area contributed by atoms with Gasteiger partial charge in [0.2, 0.25) is 0 Å². The Kier molecular flexibility index (Phi) is 6.04. The third kappa shape index (κ3) is 4.52. The number of fused-ring (bicyclic) bond motifs is 1. The summed E-state index contributed by atoms with van der Waals surface area (Å²) >= 11 is 1.23. The van der Waals surface area contributed by atoms with Gasteiger partial charge in [0, 0.05) is 22.7 Å². The van der Waals surface area contributed by atoms with Crippen molar-refractivity contribution in [3.63, 3.8) is 0 Å². The van der Waals surface area contributed by atoms with Gasteiger partial charge in [0.15, 0.2) is 5.13 Å². The summed E-state index contributed by atoms with van der Waals surface area (Å²) in [5, 5.41) is 4.88. The van der Waals surface area contributed by atoms with Crippen molar-refractivity contribution >= 4 is 44.1 Å². The highest BCUT2D eigenvalue weighted by Gasteiger charge is 2.33. The fourth-order valence-electron chi connectivity index (χ4n) is 3.36. The molecule has 3 aromatic rings. The van der Waals surface area contributed by atoms with Gasteiger partial charge in [0.25, 0.3) is 21.8 Å². The molecule has 0 radical (unpaired) electrons. The van der Waals surface area contributed by atoms with Crippen LogP contribution in [-0.4, -0.2) is 42.1 Å². The number of hydrogen-bond donors (Lipinski definition) is 4. The zero-order chi connectivity index (χ0) is 23.8. The monoisotopic (exact) mass is 486 g/mol. The second kappa shape index (κ2) is 8.79. The average Bonchev–Trinajstić information content (AvgIpc) is 3.50. The van der Waals surface area contributed by atoms with E-state index in [2.05, 4.69) is 25.0 Å². The minimum absolute atomic E-state index is 0.137. The maximum atomic E-state index is 13.1. The average molecular weight is 487 g/mol. The number of H-pyrrole nitrogens is 1. The van der Waals surface area contributed by atoms with Gasteiger partial charge in [-0.1, -0.05) is 32.4 Å². The molecule has 2 aromatic heterocycles. The molecule has 0 saturated carbocycles. The van der Waals surface area contributed by atoms with Gasteiger partial charge < -0.3 is 16.0 Å². The summed E-state index contributed by atoms with van der Waals surface area (Å²) in [6.45, 7) is 3.81. The maximum Gasteiger partial charge on any atom is 0.265 e. The molecule has 1 aromatic carbocycles. The van der Waals surface area contributed by atoms with E-state index in [1.54, 1.807) is 35.8 Å². The van der Waals surface area contributed by atoms with Gasteiger partial charge in [0.05, 0.1) is 10.6 Å². The van der Waals surface area contributed by atoms with E-state index < -0.39 is 27.9 Å². The molecule has 1 aliphatic heterocycles. The number of amides is 2. The SMILES string of the molecule is CC[C@H](C)[C@H](N=C1NS(=O)(=O)c2ccccc21)C(=O)Nc1nc(-c2c[nH]c(C(N)=O)c2)cs1. The Labute approximate surface area is 194 Å². The number of nitrogens with zero attached hydrogens (tertiary/aromatic N) is 2. The van der Waals surface area contributed by atoms with Gasteiger partial charge in [-0.15, -0.1) is 11.3 Å². The van der Waals surface area contributed by atoms with Crippen molar-refractivity contribution in [1.82, 2.24) is 14.7 Å². The smallest absolute Gasteiger partial charge is 0.265 e. The number of nitrogens with one attached hydrogen (secondary N) is 3. The molecule has 33 heavy (non-hydrogen) atoms. The van der Waals surface area contributed by atoms with Gasteiger partial charge in [-0.05, 0) is 24.1 Å². The van der Waals surface area contributed by atoms with Crippen LogP contribution in [-0.2, 0) is 14.8 Å². The highest BCUT2D eigenvalue weighted by Crippen LogP contribution is 2.27. The van der Waals surface area contributed by atoms with Crippen molar-refractivity contribution in [2.75, 3.05) is 5.32 Å². The lowest BCUT2D eigenvalue weighted by Crippen LogP contribution is -2.34. The molecular weight excluding hydrogens is 464 g/mol. The van der Waals surface area contributed by atoms with Crippen LogP contribution in [0.2, 0.25) is 0 Å². The number of aromatic nitrogens is 2. The number of anilines is 1. The van der Waals surface area contributed by atoms with Crippen LogP contribution in [0.25, 0.3) is 11.3 Å². The van der Waals surface area contributed by atoms with Gasteiger partial charge in [-0.25, -0.2) is 13.4 Å². The number of aromatic amines is 1. The van der Waals surface area contributed by atoms with Gasteiger partial charge in [-0.2, -0.15) is 0 Å². The summed E-state index contributed by atoms with van der Waals surface area (Å²) in [6.07, 6.45) is 2.27. The second-order valence-electron chi connectivity index (χ2n) is 7.60. The van der Waals surface area contributed by atoms with Crippen molar-refractivity contribution in [2.45, 2.75) is 31.2 Å². The zero-order valence-electron chi connectivity index (χ0n) is 17.8. The normalized spacial score (nSPS) is 17.2. The highest BCUT2D eigenvalue weighted by molar-refractivity contribution is 7.90. The number of carbonyl (C=O) groups excluding carboxylic acids is 2. The van der Waals surface area contributed by atoms with Crippen LogP contribution in [0.5, 0.6) is 0 Å². The van der Waals surface area contributed by atoms with Crippen molar-refractivity contribution < 1.29 is 18.0 Å².